The second kappa shape index (κ2) is 10.1. The van der Waals surface area contributed by atoms with Crippen LogP contribution < -0.4 is 5.32 Å². The molecule has 0 aliphatic heterocycles. The van der Waals surface area contributed by atoms with Gasteiger partial charge in [-0.15, -0.1) is 0 Å². The molecule has 0 bridgehead atoms. The summed E-state index contributed by atoms with van der Waals surface area (Å²) in [6.07, 6.45) is 6.57. The van der Waals surface area contributed by atoms with Gasteiger partial charge in [0.1, 0.15) is 0 Å². The van der Waals surface area contributed by atoms with Gasteiger partial charge in [0, 0.05) is 12.1 Å². The van der Waals surface area contributed by atoms with E-state index in [1.54, 1.807) is 0 Å². The van der Waals surface area contributed by atoms with Gasteiger partial charge >= 0.3 is 0 Å². The van der Waals surface area contributed by atoms with Crippen molar-refractivity contribution in [2.45, 2.75) is 71.9 Å². The Labute approximate surface area is 103 Å². The average Bonchev–Trinajstić information content (AvgIpc) is 2.24. The number of unbranched alkanes of at least 4 members (excludes halogenated alkanes) is 2. The molecule has 0 radical (unpaired) electrons. The van der Waals surface area contributed by atoms with Gasteiger partial charge < -0.3 is 10.2 Å². The highest BCUT2D eigenvalue weighted by Gasteiger charge is 2.08. The molecule has 0 aromatic carbocycles. The van der Waals surface area contributed by atoms with E-state index >= 15 is 0 Å². The maximum atomic E-state index is 3.47. The third-order valence-electron chi connectivity index (χ3n) is 3.31. The van der Waals surface area contributed by atoms with E-state index in [4.69, 9.17) is 0 Å². The molecule has 0 fully saturated rings. The number of hydrogen-bond donors (Lipinski definition) is 1. The zero-order valence-corrected chi connectivity index (χ0v) is 12.1. The summed E-state index contributed by atoms with van der Waals surface area (Å²) in [6.45, 7) is 11.4. The second-order valence-electron chi connectivity index (χ2n) is 5.12. The van der Waals surface area contributed by atoms with Crippen LogP contribution in [0.5, 0.6) is 0 Å². The Morgan fingerprint density at radius 3 is 2.12 bits per heavy atom. The van der Waals surface area contributed by atoms with E-state index in [-0.39, 0.29) is 0 Å². The lowest BCUT2D eigenvalue weighted by atomic mass is 10.1. The van der Waals surface area contributed by atoms with Crippen LogP contribution >= 0.6 is 0 Å². The quantitative estimate of drug-likeness (QED) is 0.577. The first kappa shape index (κ1) is 15.9. The zero-order chi connectivity index (χ0) is 12.4. The normalized spacial score (nSPS) is 12.0. The summed E-state index contributed by atoms with van der Waals surface area (Å²) in [5.74, 6) is 0. The molecule has 0 heterocycles. The highest BCUT2D eigenvalue weighted by Crippen LogP contribution is 2.07. The molecule has 0 saturated heterocycles. The summed E-state index contributed by atoms with van der Waals surface area (Å²) in [5, 5.41) is 3.47. The molecule has 0 unspecified atom stereocenters. The number of hydrogen-bond acceptors (Lipinski definition) is 2. The van der Waals surface area contributed by atoms with Crippen LogP contribution in [0.4, 0.5) is 0 Å². The SMILES string of the molecule is CCC(CC)N(C)CCCCCNC(C)C. The third kappa shape index (κ3) is 8.12. The van der Waals surface area contributed by atoms with Crippen molar-refractivity contribution in [2.75, 3.05) is 20.1 Å². The van der Waals surface area contributed by atoms with Crippen LogP contribution in [0.15, 0.2) is 0 Å². The van der Waals surface area contributed by atoms with E-state index < -0.39 is 0 Å². The molecule has 0 aromatic heterocycles. The van der Waals surface area contributed by atoms with Crippen LogP contribution in [0.25, 0.3) is 0 Å². The van der Waals surface area contributed by atoms with Crippen molar-refractivity contribution in [3.05, 3.63) is 0 Å². The first-order valence-electron chi connectivity index (χ1n) is 7.05. The smallest absolute Gasteiger partial charge is 0.00869 e. The highest BCUT2D eigenvalue weighted by atomic mass is 15.1. The van der Waals surface area contributed by atoms with Crippen LogP contribution in [-0.4, -0.2) is 37.1 Å². The Bertz CT molecular complexity index is 142. The molecule has 0 saturated carbocycles. The molecule has 0 spiro atoms. The summed E-state index contributed by atoms with van der Waals surface area (Å²) >= 11 is 0. The molecule has 2 nitrogen and oxygen atoms in total. The Hall–Kier alpha value is -0.0800. The number of nitrogens with zero attached hydrogens (tertiary/aromatic N) is 1. The fourth-order valence-electron chi connectivity index (χ4n) is 2.15. The molecule has 98 valence electrons. The van der Waals surface area contributed by atoms with Crippen molar-refractivity contribution in [3.8, 4) is 0 Å². The van der Waals surface area contributed by atoms with Crippen molar-refractivity contribution in [3.63, 3.8) is 0 Å². The van der Waals surface area contributed by atoms with Gasteiger partial charge in [-0.1, -0.05) is 34.1 Å². The maximum absolute atomic E-state index is 3.47. The average molecular weight is 228 g/mol. The third-order valence-corrected chi connectivity index (χ3v) is 3.31. The van der Waals surface area contributed by atoms with Crippen LogP contribution in [-0.2, 0) is 0 Å². The summed E-state index contributed by atoms with van der Waals surface area (Å²) in [5.41, 5.74) is 0. The van der Waals surface area contributed by atoms with Gasteiger partial charge in [-0.25, -0.2) is 0 Å². The van der Waals surface area contributed by atoms with E-state index in [2.05, 4.69) is 45.0 Å². The fourth-order valence-corrected chi connectivity index (χ4v) is 2.15. The lowest BCUT2D eigenvalue weighted by molar-refractivity contribution is 0.225. The van der Waals surface area contributed by atoms with Crippen molar-refractivity contribution >= 4 is 0 Å². The molecule has 0 aromatic rings. The van der Waals surface area contributed by atoms with Gasteiger partial charge in [0.15, 0.2) is 0 Å². The minimum atomic E-state index is 0.632. The van der Waals surface area contributed by atoms with Gasteiger partial charge in [-0.05, 0) is 45.8 Å². The van der Waals surface area contributed by atoms with Crippen LogP contribution in [0.3, 0.4) is 0 Å². The summed E-state index contributed by atoms with van der Waals surface area (Å²) in [6, 6.07) is 1.42. The molecular weight excluding hydrogens is 196 g/mol. The maximum Gasteiger partial charge on any atom is 0.00869 e. The lowest BCUT2D eigenvalue weighted by Gasteiger charge is -2.25. The highest BCUT2D eigenvalue weighted by molar-refractivity contribution is 4.65. The molecule has 2 heteroatoms. The Kier molecular flexibility index (Phi) is 10.0. The van der Waals surface area contributed by atoms with Crippen molar-refractivity contribution in [1.82, 2.24) is 10.2 Å². The minimum absolute atomic E-state index is 0.632. The first-order valence-corrected chi connectivity index (χ1v) is 7.05. The molecule has 0 amide bonds. The molecular formula is C14H32N2. The Morgan fingerprint density at radius 1 is 1.00 bits per heavy atom. The molecule has 1 N–H and O–H groups in total. The van der Waals surface area contributed by atoms with Crippen molar-refractivity contribution in [2.24, 2.45) is 0 Å². The van der Waals surface area contributed by atoms with Crippen LogP contribution in [0, 0.1) is 0 Å². The van der Waals surface area contributed by atoms with Crippen LogP contribution in [0.2, 0.25) is 0 Å². The van der Waals surface area contributed by atoms with E-state index in [0.717, 1.165) is 6.04 Å². The van der Waals surface area contributed by atoms with Crippen molar-refractivity contribution in [1.29, 1.82) is 0 Å². The molecule has 0 aliphatic rings. The molecule has 0 rings (SSSR count). The lowest BCUT2D eigenvalue weighted by Crippen LogP contribution is -2.31. The number of rotatable bonds is 10. The molecule has 16 heavy (non-hydrogen) atoms. The predicted octanol–water partition coefficient (Wildman–Crippen LogP) is 3.28. The summed E-state index contributed by atoms with van der Waals surface area (Å²) < 4.78 is 0. The van der Waals surface area contributed by atoms with Gasteiger partial charge in [0.2, 0.25) is 0 Å². The topological polar surface area (TPSA) is 15.3 Å². The van der Waals surface area contributed by atoms with Crippen LogP contribution in [0.1, 0.15) is 59.8 Å². The molecule has 0 aliphatic carbocycles. The van der Waals surface area contributed by atoms with Gasteiger partial charge in [0.25, 0.3) is 0 Å². The second-order valence-corrected chi connectivity index (χ2v) is 5.12. The van der Waals surface area contributed by atoms with Gasteiger partial charge in [-0.3, -0.25) is 0 Å². The first-order chi connectivity index (χ1) is 7.61. The number of nitrogens with one attached hydrogen (secondary N) is 1. The van der Waals surface area contributed by atoms with E-state index in [1.807, 2.05) is 0 Å². The Morgan fingerprint density at radius 2 is 1.62 bits per heavy atom. The fraction of sp³-hybridized carbons (Fsp3) is 1.00. The van der Waals surface area contributed by atoms with E-state index in [1.165, 1.54) is 45.2 Å². The summed E-state index contributed by atoms with van der Waals surface area (Å²) in [7, 11) is 2.27. The predicted molar refractivity (Wildman–Crippen MR) is 74.0 cm³/mol. The molecule has 0 atom stereocenters. The van der Waals surface area contributed by atoms with Crippen molar-refractivity contribution < 1.29 is 0 Å². The Balaban J connectivity index is 3.36. The van der Waals surface area contributed by atoms with Gasteiger partial charge in [0.05, 0.1) is 0 Å². The largest absolute Gasteiger partial charge is 0.315 e. The van der Waals surface area contributed by atoms with Gasteiger partial charge in [-0.2, -0.15) is 0 Å². The van der Waals surface area contributed by atoms with E-state index in [9.17, 15) is 0 Å². The monoisotopic (exact) mass is 228 g/mol. The summed E-state index contributed by atoms with van der Waals surface area (Å²) in [4.78, 5) is 2.52. The zero-order valence-electron chi connectivity index (χ0n) is 12.1. The standard InChI is InChI=1S/C14H32N2/c1-6-14(7-2)16(5)12-10-8-9-11-15-13(3)4/h13-15H,6-12H2,1-5H3. The minimum Gasteiger partial charge on any atom is -0.315 e. The van der Waals surface area contributed by atoms with E-state index in [0.29, 0.717) is 6.04 Å².